The molecule has 4 nitrogen and oxygen atoms in total. The average Bonchev–Trinajstić information content (AvgIpc) is 2.47. The van der Waals surface area contributed by atoms with Crippen LogP contribution in [-0.4, -0.2) is 53.5 Å². The molecule has 1 amide bonds. The van der Waals surface area contributed by atoms with Crippen LogP contribution >= 0.6 is 11.8 Å². The molecule has 1 aliphatic rings. The van der Waals surface area contributed by atoms with E-state index in [1.165, 1.54) is 0 Å². The Morgan fingerprint density at radius 1 is 1.38 bits per heavy atom. The number of amides is 1. The molecule has 2 heterocycles. The van der Waals surface area contributed by atoms with Crippen molar-refractivity contribution in [1.29, 1.82) is 0 Å². The van der Waals surface area contributed by atoms with Crippen molar-refractivity contribution in [3.8, 4) is 0 Å². The molecule has 1 saturated heterocycles. The number of carbonyl (C=O) groups excluding carboxylic acids is 1. The number of rotatable bonds is 4. The second-order valence-electron chi connectivity index (χ2n) is 4.63. The van der Waals surface area contributed by atoms with Crippen molar-refractivity contribution in [1.82, 2.24) is 15.2 Å². The largest absolute Gasteiger partial charge is 0.417 e. The molecule has 0 radical (unpaired) electrons. The van der Waals surface area contributed by atoms with Crippen molar-refractivity contribution in [3.63, 3.8) is 0 Å². The lowest BCUT2D eigenvalue weighted by Crippen LogP contribution is -2.39. The Hall–Kier alpha value is -1.28. The van der Waals surface area contributed by atoms with Gasteiger partial charge >= 0.3 is 6.18 Å². The lowest BCUT2D eigenvalue weighted by molar-refractivity contribution is -0.138. The smallest absolute Gasteiger partial charge is 0.351 e. The van der Waals surface area contributed by atoms with Gasteiger partial charge in [-0.1, -0.05) is 0 Å². The maximum absolute atomic E-state index is 12.8. The first-order valence-corrected chi connectivity index (χ1v) is 7.73. The predicted molar refractivity (Wildman–Crippen MR) is 75.3 cm³/mol. The second kappa shape index (κ2) is 7.13. The summed E-state index contributed by atoms with van der Waals surface area (Å²) in [6.07, 6.45) is -2.57. The molecule has 0 bridgehead atoms. The van der Waals surface area contributed by atoms with Crippen LogP contribution in [0.3, 0.4) is 0 Å². The molecule has 1 aromatic rings. The van der Waals surface area contributed by atoms with E-state index in [2.05, 4.69) is 15.2 Å². The number of halogens is 3. The summed E-state index contributed by atoms with van der Waals surface area (Å²) < 4.78 is 38.4. The number of nitrogens with one attached hydrogen (secondary N) is 1. The number of hydrogen-bond donors (Lipinski definition) is 1. The van der Waals surface area contributed by atoms with Crippen LogP contribution in [0.2, 0.25) is 0 Å². The lowest BCUT2D eigenvalue weighted by Gasteiger charge is -2.26. The van der Waals surface area contributed by atoms with Crippen LogP contribution in [0, 0.1) is 0 Å². The highest BCUT2D eigenvalue weighted by Crippen LogP contribution is 2.31. The molecule has 116 valence electrons. The van der Waals surface area contributed by atoms with E-state index in [9.17, 15) is 18.0 Å². The van der Waals surface area contributed by atoms with Crippen LogP contribution in [-0.2, 0) is 6.18 Å². The Labute approximate surface area is 125 Å². The van der Waals surface area contributed by atoms with E-state index in [4.69, 9.17) is 0 Å². The summed E-state index contributed by atoms with van der Waals surface area (Å²) in [5.74, 6) is 1.37. The van der Waals surface area contributed by atoms with E-state index in [-0.39, 0.29) is 0 Å². The van der Waals surface area contributed by atoms with Gasteiger partial charge in [-0.2, -0.15) is 24.9 Å². The van der Waals surface area contributed by atoms with Crippen molar-refractivity contribution < 1.29 is 18.0 Å². The van der Waals surface area contributed by atoms with Crippen molar-refractivity contribution in [3.05, 3.63) is 29.6 Å². The van der Waals surface area contributed by atoms with E-state index >= 15 is 0 Å². The number of thioether (sulfide) groups is 1. The zero-order chi connectivity index (χ0) is 15.3. The number of hydrogen-bond acceptors (Lipinski definition) is 4. The fourth-order valence-corrected chi connectivity index (χ4v) is 3.05. The van der Waals surface area contributed by atoms with E-state index in [0.29, 0.717) is 13.1 Å². The maximum Gasteiger partial charge on any atom is 0.417 e. The highest BCUT2D eigenvalue weighted by molar-refractivity contribution is 7.99. The molecule has 21 heavy (non-hydrogen) atoms. The van der Waals surface area contributed by atoms with Crippen molar-refractivity contribution in [2.75, 3.05) is 37.7 Å². The van der Waals surface area contributed by atoms with Crippen molar-refractivity contribution in [2.24, 2.45) is 0 Å². The fraction of sp³-hybridized carbons (Fsp3) is 0.538. The Morgan fingerprint density at radius 2 is 2.10 bits per heavy atom. The minimum Gasteiger partial charge on any atom is -0.351 e. The third-order valence-corrected chi connectivity index (χ3v) is 4.13. The van der Waals surface area contributed by atoms with E-state index in [1.807, 2.05) is 11.8 Å². The minimum atomic E-state index is -4.56. The molecule has 0 atom stereocenters. The number of nitrogens with zero attached hydrogens (tertiary/aromatic N) is 2. The van der Waals surface area contributed by atoms with Gasteiger partial charge in [-0.15, -0.1) is 0 Å². The van der Waals surface area contributed by atoms with E-state index in [0.717, 1.165) is 43.1 Å². The molecule has 0 aromatic carbocycles. The zero-order valence-corrected chi connectivity index (χ0v) is 12.1. The zero-order valence-electron chi connectivity index (χ0n) is 11.3. The summed E-state index contributed by atoms with van der Waals surface area (Å²) in [6.45, 7) is 2.87. The third kappa shape index (κ3) is 4.60. The van der Waals surface area contributed by atoms with Crippen LogP contribution in [0.5, 0.6) is 0 Å². The fourth-order valence-electron chi connectivity index (χ4n) is 2.07. The molecule has 8 heteroatoms. The number of carbonyl (C=O) groups is 1. The first kappa shape index (κ1) is 16.1. The second-order valence-corrected chi connectivity index (χ2v) is 5.85. The molecule has 1 aromatic heterocycles. The van der Waals surface area contributed by atoms with E-state index < -0.39 is 23.2 Å². The summed E-state index contributed by atoms with van der Waals surface area (Å²) in [4.78, 5) is 17.7. The van der Waals surface area contributed by atoms with Crippen LogP contribution in [0.25, 0.3) is 0 Å². The quantitative estimate of drug-likeness (QED) is 0.920. The van der Waals surface area contributed by atoms with Gasteiger partial charge < -0.3 is 5.32 Å². The molecule has 1 N–H and O–H groups in total. The van der Waals surface area contributed by atoms with Crippen LogP contribution in [0.15, 0.2) is 18.5 Å². The van der Waals surface area contributed by atoms with Gasteiger partial charge in [0, 0.05) is 50.1 Å². The molecule has 1 aliphatic heterocycles. The van der Waals surface area contributed by atoms with Gasteiger partial charge in [0.25, 0.3) is 5.91 Å². The average molecular weight is 319 g/mol. The molecule has 0 saturated carbocycles. The standard InChI is InChI=1S/C13H16F3N3OS/c14-13(15,16)11-1-2-17-9-10(11)12(20)18-3-4-19-5-7-21-8-6-19/h1-2,9H,3-8H2,(H,18,20). The van der Waals surface area contributed by atoms with E-state index in [1.54, 1.807) is 0 Å². The number of aromatic nitrogens is 1. The molecular weight excluding hydrogens is 303 g/mol. The molecular formula is C13H16F3N3OS. The Bertz CT molecular complexity index is 490. The minimum absolute atomic E-state index is 0.329. The summed E-state index contributed by atoms with van der Waals surface area (Å²) in [5.41, 5.74) is -1.39. The summed E-state index contributed by atoms with van der Waals surface area (Å²) in [7, 11) is 0. The normalized spacial score (nSPS) is 16.7. The first-order valence-electron chi connectivity index (χ1n) is 6.58. The first-order chi connectivity index (χ1) is 9.98. The highest BCUT2D eigenvalue weighted by atomic mass is 32.2. The summed E-state index contributed by atoms with van der Waals surface area (Å²) in [5, 5.41) is 2.53. The van der Waals surface area contributed by atoms with Gasteiger partial charge in [0.05, 0.1) is 11.1 Å². The number of alkyl halides is 3. The summed E-state index contributed by atoms with van der Waals surface area (Å²) in [6, 6.07) is 0.816. The van der Waals surface area contributed by atoms with Crippen molar-refractivity contribution in [2.45, 2.75) is 6.18 Å². The number of pyridine rings is 1. The lowest BCUT2D eigenvalue weighted by atomic mass is 10.1. The van der Waals surface area contributed by atoms with Gasteiger partial charge in [-0.3, -0.25) is 14.7 Å². The monoisotopic (exact) mass is 319 g/mol. The van der Waals surface area contributed by atoms with Crippen LogP contribution in [0.1, 0.15) is 15.9 Å². The maximum atomic E-state index is 12.8. The van der Waals surface area contributed by atoms with Gasteiger partial charge in [-0.05, 0) is 6.07 Å². The van der Waals surface area contributed by atoms with Gasteiger partial charge in [0.2, 0.25) is 0 Å². The molecule has 0 unspecified atom stereocenters. The SMILES string of the molecule is O=C(NCCN1CCSCC1)c1cnccc1C(F)(F)F. The molecule has 0 aliphatic carbocycles. The van der Waals surface area contributed by atoms with Gasteiger partial charge in [-0.25, -0.2) is 0 Å². The topological polar surface area (TPSA) is 45.2 Å². The molecule has 0 spiro atoms. The Kier molecular flexibility index (Phi) is 5.46. The highest BCUT2D eigenvalue weighted by Gasteiger charge is 2.35. The van der Waals surface area contributed by atoms with Gasteiger partial charge in [0.1, 0.15) is 0 Å². The predicted octanol–water partition coefficient (Wildman–Crippen LogP) is 1.88. The van der Waals surface area contributed by atoms with Crippen LogP contribution < -0.4 is 5.32 Å². The molecule has 1 fully saturated rings. The van der Waals surface area contributed by atoms with Gasteiger partial charge in [0.15, 0.2) is 0 Å². The molecule has 2 rings (SSSR count). The van der Waals surface area contributed by atoms with Crippen molar-refractivity contribution >= 4 is 17.7 Å². The summed E-state index contributed by atoms with van der Waals surface area (Å²) >= 11 is 1.88. The Balaban J connectivity index is 1.91. The third-order valence-electron chi connectivity index (χ3n) is 3.19. The Morgan fingerprint density at radius 3 is 2.76 bits per heavy atom. The van der Waals surface area contributed by atoms with Crippen LogP contribution in [0.4, 0.5) is 13.2 Å².